The van der Waals surface area contributed by atoms with Crippen LogP contribution in [0.25, 0.3) is 0 Å². The van der Waals surface area contributed by atoms with Crippen molar-refractivity contribution in [2.24, 2.45) is 4.99 Å². The van der Waals surface area contributed by atoms with E-state index in [1.807, 2.05) is 7.05 Å². The van der Waals surface area contributed by atoms with Gasteiger partial charge in [0.15, 0.2) is 5.96 Å². The van der Waals surface area contributed by atoms with Crippen molar-refractivity contribution < 1.29 is 4.74 Å². The highest BCUT2D eigenvalue weighted by Gasteiger charge is 2.21. The summed E-state index contributed by atoms with van der Waals surface area (Å²) in [6.07, 6.45) is 2.35. The number of ether oxygens (including phenoxy) is 1. The lowest BCUT2D eigenvalue weighted by atomic mass is 10.0. The SMILES string of the molecule is CN=C(NCc1ccccc1CN1CCOCC1)NC1CCN(C(C)C)CC1. The number of hydrogen-bond donors (Lipinski definition) is 2. The first-order valence-corrected chi connectivity index (χ1v) is 10.7. The third-order valence-corrected chi connectivity index (χ3v) is 5.89. The largest absolute Gasteiger partial charge is 0.379 e. The Balaban J connectivity index is 1.50. The normalized spacial score (nSPS) is 20.5. The third-order valence-electron chi connectivity index (χ3n) is 5.89. The molecule has 3 rings (SSSR count). The molecule has 2 N–H and O–H groups in total. The van der Waals surface area contributed by atoms with Gasteiger partial charge in [-0.15, -0.1) is 0 Å². The molecule has 0 aliphatic carbocycles. The summed E-state index contributed by atoms with van der Waals surface area (Å²) >= 11 is 0. The Morgan fingerprint density at radius 1 is 1.11 bits per heavy atom. The zero-order valence-corrected chi connectivity index (χ0v) is 17.8. The molecule has 6 nitrogen and oxygen atoms in total. The molecule has 2 saturated heterocycles. The lowest BCUT2D eigenvalue weighted by Gasteiger charge is -2.35. The van der Waals surface area contributed by atoms with Gasteiger partial charge < -0.3 is 20.3 Å². The number of piperidine rings is 1. The van der Waals surface area contributed by atoms with E-state index >= 15 is 0 Å². The van der Waals surface area contributed by atoms with Gasteiger partial charge in [0.2, 0.25) is 0 Å². The van der Waals surface area contributed by atoms with E-state index < -0.39 is 0 Å². The van der Waals surface area contributed by atoms with Crippen LogP contribution >= 0.6 is 0 Å². The molecule has 0 amide bonds. The lowest BCUT2D eigenvalue weighted by Crippen LogP contribution is -2.49. The highest BCUT2D eigenvalue weighted by molar-refractivity contribution is 5.80. The Morgan fingerprint density at radius 3 is 2.43 bits per heavy atom. The van der Waals surface area contributed by atoms with Crippen LogP contribution in [-0.4, -0.2) is 74.3 Å². The van der Waals surface area contributed by atoms with Gasteiger partial charge in [-0.3, -0.25) is 9.89 Å². The smallest absolute Gasteiger partial charge is 0.191 e. The summed E-state index contributed by atoms with van der Waals surface area (Å²) < 4.78 is 5.47. The average molecular weight is 388 g/mol. The quantitative estimate of drug-likeness (QED) is 0.578. The van der Waals surface area contributed by atoms with E-state index in [1.54, 1.807) is 0 Å². The average Bonchev–Trinajstić information content (AvgIpc) is 2.73. The summed E-state index contributed by atoms with van der Waals surface area (Å²) in [7, 11) is 1.86. The topological polar surface area (TPSA) is 52.1 Å². The number of nitrogens with one attached hydrogen (secondary N) is 2. The number of likely N-dealkylation sites (tertiary alicyclic amines) is 1. The van der Waals surface area contributed by atoms with Crippen LogP contribution in [0.4, 0.5) is 0 Å². The summed E-state index contributed by atoms with van der Waals surface area (Å²) in [5.41, 5.74) is 2.73. The molecular weight excluding hydrogens is 350 g/mol. The van der Waals surface area contributed by atoms with Crippen molar-refractivity contribution in [3.05, 3.63) is 35.4 Å². The molecular formula is C22H37N5O. The van der Waals surface area contributed by atoms with Crippen LogP contribution in [0.2, 0.25) is 0 Å². The molecule has 156 valence electrons. The Hall–Kier alpha value is -1.63. The Bertz CT molecular complexity index is 619. The van der Waals surface area contributed by atoms with E-state index in [0.29, 0.717) is 12.1 Å². The van der Waals surface area contributed by atoms with Gasteiger partial charge in [0.25, 0.3) is 0 Å². The molecule has 0 bridgehead atoms. The van der Waals surface area contributed by atoms with Crippen LogP contribution in [0.5, 0.6) is 0 Å². The molecule has 0 radical (unpaired) electrons. The van der Waals surface area contributed by atoms with Crippen molar-refractivity contribution in [1.82, 2.24) is 20.4 Å². The first-order chi connectivity index (χ1) is 13.7. The monoisotopic (exact) mass is 387 g/mol. The van der Waals surface area contributed by atoms with E-state index in [-0.39, 0.29) is 0 Å². The van der Waals surface area contributed by atoms with Crippen molar-refractivity contribution in [3.63, 3.8) is 0 Å². The Kier molecular flexibility index (Phi) is 8.13. The lowest BCUT2D eigenvalue weighted by molar-refractivity contribution is 0.0341. The van der Waals surface area contributed by atoms with Crippen LogP contribution in [0.3, 0.4) is 0 Å². The maximum atomic E-state index is 5.47. The van der Waals surface area contributed by atoms with Gasteiger partial charge in [-0.05, 0) is 37.8 Å². The van der Waals surface area contributed by atoms with E-state index in [9.17, 15) is 0 Å². The van der Waals surface area contributed by atoms with Gasteiger partial charge >= 0.3 is 0 Å². The zero-order chi connectivity index (χ0) is 19.8. The first-order valence-electron chi connectivity index (χ1n) is 10.7. The van der Waals surface area contributed by atoms with Gasteiger partial charge in [0, 0.05) is 58.4 Å². The molecule has 2 heterocycles. The van der Waals surface area contributed by atoms with E-state index in [4.69, 9.17) is 4.74 Å². The van der Waals surface area contributed by atoms with Crippen molar-refractivity contribution in [2.75, 3.05) is 46.4 Å². The zero-order valence-electron chi connectivity index (χ0n) is 17.8. The molecule has 0 atom stereocenters. The fourth-order valence-electron chi connectivity index (χ4n) is 4.01. The maximum absolute atomic E-state index is 5.47. The van der Waals surface area contributed by atoms with Crippen molar-refractivity contribution >= 4 is 5.96 Å². The van der Waals surface area contributed by atoms with Crippen LogP contribution < -0.4 is 10.6 Å². The standard InChI is InChI=1S/C22H37N5O/c1-18(2)27-10-8-21(9-11-27)25-22(23-3)24-16-19-6-4-5-7-20(19)17-26-12-14-28-15-13-26/h4-7,18,21H,8-17H2,1-3H3,(H2,23,24,25). The number of nitrogens with zero attached hydrogens (tertiary/aromatic N) is 3. The van der Waals surface area contributed by atoms with Crippen LogP contribution in [-0.2, 0) is 17.8 Å². The molecule has 0 aromatic heterocycles. The molecule has 2 aliphatic rings. The van der Waals surface area contributed by atoms with Crippen LogP contribution in [0.1, 0.15) is 37.8 Å². The summed E-state index contributed by atoms with van der Waals surface area (Å²) in [4.78, 5) is 9.47. The predicted molar refractivity (Wildman–Crippen MR) is 116 cm³/mol. The Morgan fingerprint density at radius 2 is 1.79 bits per heavy atom. The van der Waals surface area contributed by atoms with Crippen molar-refractivity contribution in [1.29, 1.82) is 0 Å². The maximum Gasteiger partial charge on any atom is 0.191 e. The summed E-state index contributed by atoms with van der Waals surface area (Å²) in [6, 6.07) is 9.86. The second-order valence-corrected chi connectivity index (χ2v) is 8.13. The molecule has 0 unspecified atom stereocenters. The summed E-state index contributed by atoms with van der Waals surface area (Å²) in [5, 5.41) is 7.15. The number of morpholine rings is 1. The third kappa shape index (κ3) is 6.19. The molecule has 1 aromatic rings. The molecule has 1 aromatic carbocycles. The molecule has 2 fully saturated rings. The fourth-order valence-corrected chi connectivity index (χ4v) is 4.01. The second-order valence-electron chi connectivity index (χ2n) is 8.13. The number of benzene rings is 1. The van der Waals surface area contributed by atoms with Gasteiger partial charge in [-0.25, -0.2) is 0 Å². The minimum Gasteiger partial charge on any atom is -0.379 e. The van der Waals surface area contributed by atoms with E-state index in [1.165, 1.54) is 24.0 Å². The van der Waals surface area contributed by atoms with E-state index in [0.717, 1.165) is 58.4 Å². The highest BCUT2D eigenvalue weighted by atomic mass is 16.5. The molecule has 6 heteroatoms. The number of hydrogen-bond acceptors (Lipinski definition) is 4. The van der Waals surface area contributed by atoms with E-state index in [2.05, 4.69) is 63.5 Å². The molecule has 2 aliphatic heterocycles. The van der Waals surface area contributed by atoms with Crippen LogP contribution in [0.15, 0.2) is 29.3 Å². The summed E-state index contributed by atoms with van der Waals surface area (Å²) in [6.45, 7) is 12.4. The molecule has 0 saturated carbocycles. The minimum absolute atomic E-state index is 0.504. The molecule has 28 heavy (non-hydrogen) atoms. The van der Waals surface area contributed by atoms with Crippen molar-refractivity contribution in [3.8, 4) is 0 Å². The van der Waals surface area contributed by atoms with Crippen molar-refractivity contribution in [2.45, 2.75) is 51.9 Å². The summed E-state index contributed by atoms with van der Waals surface area (Å²) in [5.74, 6) is 0.907. The van der Waals surface area contributed by atoms with Crippen LogP contribution in [0, 0.1) is 0 Å². The highest BCUT2D eigenvalue weighted by Crippen LogP contribution is 2.14. The molecule has 0 spiro atoms. The second kappa shape index (κ2) is 10.8. The fraction of sp³-hybridized carbons (Fsp3) is 0.682. The number of aliphatic imine (C=N–C) groups is 1. The Labute approximate surface area is 170 Å². The number of guanidine groups is 1. The minimum atomic E-state index is 0.504. The number of rotatable bonds is 6. The first kappa shape index (κ1) is 21.1. The van der Waals surface area contributed by atoms with Gasteiger partial charge in [-0.2, -0.15) is 0 Å². The van der Waals surface area contributed by atoms with Gasteiger partial charge in [0.1, 0.15) is 0 Å². The predicted octanol–water partition coefficient (Wildman–Crippen LogP) is 2.06. The van der Waals surface area contributed by atoms with Gasteiger partial charge in [0.05, 0.1) is 13.2 Å². The van der Waals surface area contributed by atoms with Gasteiger partial charge in [-0.1, -0.05) is 24.3 Å².